The van der Waals surface area contributed by atoms with Gasteiger partial charge >= 0.3 is 6.03 Å². The molecule has 2 aliphatic rings. The van der Waals surface area contributed by atoms with Gasteiger partial charge < -0.3 is 14.6 Å². The Morgan fingerprint density at radius 2 is 1.94 bits per heavy atom. The molecular weight excluding hydrogens is 408 g/mol. The summed E-state index contributed by atoms with van der Waals surface area (Å²) in [5.74, 6) is -0.223. The second-order valence-electron chi connectivity index (χ2n) is 7.91. The van der Waals surface area contributed by atoms with Crippen LogP contribution in [0.5, 0.6) is 5.75 Å². The summed E-state index contributed by atoms with van der Waals surface area (Å²) in [6.07, 6.45) is 2.30. The zero-order chi connectivity index (χ0) is 22.3. The van der Waals surface area contributed by atoms with Gasteiger partial charge in [0.1, 0.15) is 5.75 Å². The first-order valence-corrected chi connectivity index (χ1v) is 10.4. The highest BCUT2D eigenvalue weighted by molar-refractivity contribution is 6.14. The molecule has 0 radical (unpaired) electrons. The van der Waals surface area contributed by atoms with Gasteiger partial charge in [-0.2, -0.15) is 5.26 Å². The third-order valence-corrected chi connectivity index (χ3v) is 6.11. The fourth-order valence-electron chi connectivity index (χ4n) is 4.57. The zero-order valence-electron chi connectivity index (χ0n) is 17.2. The average molecular weight is 428 g/mol. The van der Waals surface area contributed by atoms with Crippen molar-refractivity contribution in [2.45, 2.75) is 24.9 Å². The minimum atomic E-state index is -1.22. The second kappa shape index (κ2) is 7.54. The number of para-hydroxylation sites is 2. The van der Waals surface area contributed by atoms with Crippen molar-refractivity contribution < 1.29 is 19.1 Å². The van der Waals surface area contributed by atoms with E-state index < -0.39 is 17.5 Å². The first-order valence-electron chi connectivity index (χ1n) is 10.4. The third-order valence-electron chi connectivity index (χ3n) is 6.11. The first-order chi connectivity index (χ1) is 15.5. The number of carbonyl (C=O) groups excluding carboxylic acids is 3. The Hall–Kier alpha value is -4.12. The van der Waals surface area contributed by atoms with Gasteiger partial charge in [0.15, 0.2) is 11.3 Å². The molecular formula is C24H20N4O4. The van der Waals surface area contributed by atoms with Crippen molar-refractivity contribution in [3.63, 3.8) is 0 Å². The predicted molar refractivity (Wildman–Crippen MR) is 115 cm³/mol. The van der Waals surface area contributed by atoms with Crippen LogP contribution in [0.3, 0.4) is 0 Å². The number of ether oxygens (including phenoxy) is 1. The number of amides is 3. The maximum absolute atomic E-state index is 13.4. The lowest BCUT2D eigenvalue weighted by Gasteiger charge is -2.33. The molecule has 0 aliphatic carbocycles. The molecule has 3 heterocycles. The number of nitrogens with one attached hydrogen (secondary N) is 1. The van der Waals surface area contributed by atoms with E-state index in [1.165, 1.54) is 0 Å². The molecule has 32 heavy (non-hydrogen) atoms. The van der Waals surface area contributed by atoms with E-state index in [2.05, 4.69) is 11.4 Å². The van der Waals surface area contributed by atoms with Crippen LogP contribution in [0.1, 0.15) is 28.8 Å². The highest BCUT2D eigenvalue weighted by Gasteiger charge is 2.55. The molecule has 2 aromatic carbocycles. The Balaban J connectivity index is 1.46. The molecule has 1 N–H and O–H groups in total. The van der Waals surface area contributed by atoms with Crippen LogP contribution < -0.4 is 10.1 Å². The molecule has 3 amide bonds. The standard InChI is InChI=1S/C24H20N4O4/c25-11-5-12-27-14-17(16-6-1-3-8-19(16)27)20(29)15-28-22(30)24(26-23(28)31)10-13-32-21-9-4-2-7-18(21)24/h1-4,6-9,14H,5,10,12-13,15H2,(H,26,31)/t24-/m0/s1. The topological polar surface area (TPSA) is 104 Å². The number of hydrogen-bond acceptors (Lipinski definition) is 5. The normalized spacial score (nSPS) is 19.5. The SMILES string of the molecule is N#CCCn1cc(C(=O)CN2C(=O)N[C@]3(CCOc4ccccc43)C2=O)c2ccccc21. The lowest BCUT2D eigenvalue weighted by molar-refractivity contribution is -0.132. The first kappa shape index (κ1) is 19.8. The van der Waals surface area contributed by atoms with Gasteiger partial charge in [0.25, 0.3) is 5.91 Å². The maximum atomic E-state index is 13.4. The van der Waals surface area contributed by atoms with Crippen LogP contribution in [0, 0.1) is 11.3 Å². The van der Waals surface area contributed by atoms with E-state index in [1.807, 2.05) is 34.9 Å². The number of urea groups is 1. The van der Waals surface area contributed by atoms with Gasteiger partial charge in [0.05, 0.1) is 25.6 Å². The van der Waals surface area contributed by atoms with Crippen molar-refractivity contribution in [3.05, 3.63) is 65.9 Å². The van der Waals surface area contributed by atoms with Crippen molar-refractivity contribution in [2.24, 2.45) is 0 Å². The summed E-state index contributed by atoms with van der Waals surface area (Å²) in [6.45, 7) is 0.381. The summed E-state index contributed by atoms with van der Waals surface area (Å²) in [5.41, 5.74) is 0.644. The molecule has 0 bridgehead atoms. The van der Waals surface area contributed by atoms with Crippen molar-refractivity contribution in [3.8, 4) is 11.8 Å². The van der Waals surface area contributed by atoms with Crippen LogP contribution in [0.15, 0.2) is 54.7 Å². The Bertz CT molecular complexity index is 1300. The van der Waals surface area contributed by atoms with E-state index in [9.17, 15) is 14.4 Å². The minimum absolute atomic E-state index is 0.289. The number of nitrogens with zero attached hydrogens (tertiary/aromatic N) is 3. The molecule has 1 saturated heterocycles. The van der Waals surface area contributed by atoms with E-state index >= 15 is 0 Å². The van der Waals surface area contributed by atoms with Crippen molar-refractivity contribution in [1.29, 1.82) is 5.26 Å². The summed E-state index contributed by atoms with van der Waals surface area (Å²) in [4.78, 5) is 40.5. The highest BCUT2D eigenvalue weighted by atomic mass is 16.5. The summed E-state index contributed by atoms with van der Waals surface area (Å²) in [6, 6.07) is 16.0. The van der Waals surface area contributed by atoms with Crippen LogP contribution in [0.2, 0.25) is 0 Å². The summed E-state index contributed by atoms with van der Waals surface area (Å²) < 4.78 is 7.50. The Morgan fingerprint density at radius 3 is 2.78 bits per heavy atom. The number of aryl methyl sites for hydroxylation is 1. The molecule has 2 aliphatic heterocycles. The van der Waals surface area contributed by atoms with Crippen molar-refractivity contribution >= 4 is 28.6 Å². The molecule has 1 atom stereocenters. The Morgan fingerprint density at radius 1 is 1.16 bits per heavy atom. The molecule has 1 spiro atoms. The number of imide groups is 1. The summed E-state index contributed by atoms with van der Waals surface area (Å²) in [7, 11) is 0. The van der Waals surface area contributed by atoms with Gasteiger partial charge in [-0.05, 0) is 12.1 Å². The monoisotopic (exact) mass is 428 g/mol. The minimum Gasteiger partial charge on any atom is -0.493 e. The number of aromatic nitrogens is 1. The Labute approximate surface area is 184 Å². The van der Waals surface area contributed by atoms with Gasteiger partial charge in [-0.15, -0.1) is 0 Å². The molecule has 160 valence electrons. The van der Waals surface area contributed by atoms with E-state index in [-0.39, 0.29) is 18.9 Å². The van der Waals surface area contributed by atoms with E-state index in [0.717, 1.165) is 15.8 Å². The van der Waals surface area contributed by atoms with Gasteiger partial charge in [-0.1, -0.05) is 36.4 Å². The number of benzene rings is 2. The number of ketones is 1. The number of Topliss-reactive ketones (excluding diaryl/α,β-unsaturated/α-hetero) is 1. The molecule has 8 nitrogen and oxygen atoms in total. The lowest BCUT2D eigenvalue weighted by Crippen LogP contribution is -2.47. The molecule has 0 saturated carbocycles. The molecule has 1 aromatic heterocycles. The van der Waals surface area contributed by atoms with Crippen LogP contribution in [-0.2, 0) is 16.9 Å². The number of carbonyl (C=O) groups is 3. The molecule has 5 rings (SSSR count). The smallest absolute Gasteiger partial charge is 0.325 e. The second-order valence-corrected chi connectivity index (χ2v) is 7.91. The molecule has 0 unspecified atom stereocenters. The molecule has 8 heteroatoms. The average Bonchev–Trinajstić information content (AvgIpc) is 3.29. The predicted octanol–water partition coefficient (Wildman–Crippen LogP) is 2.97. The van der Waals surface area contributed by atoms with E-state index in [0.29, 0.717) is 36.3 Å². The van der Waals surface area contributed by atoms with Crippen molar-refractivity contribution in [1.82, 2.24) is 14.8 Å². The van der Waals surface area contributed by atoms with Crippen LogP contribution >= 0.6 is 0 Å². The highest BCUT2D eigenvalue weighted by Crippen LogP contribution is 2.41. The van der Waals surface area contributed by atoms with E-state index in [1.54, 1.807) is 24.4 Å². The number of fused-ring (bicyclic) bond motifs is 3. The maximum Gasteiger partial charge on any atom is 0.325 e. The fraction of sp³-hybridized carbons (Fsp3) is 0.250. The van der Waals surface area contributed by atoms with Gasteiger partial charge in [0, 0.05) is 41.2 Å². The number of hydrogen-bond donors (Lipinski definition) is 1. The van der Waals surface area contributed by atoms with Crippen molar-refractivity contribution in [2.75, 3.05) is 13.2 Å². The lowest BCUT2D eigenvalue weighted by atomic mass is 9.84. The Kier molecular flexibility index (Phi) is 4.67. The quantitative estimate of drug-likeness (QED) is 0.497. The van der Waals surface area contributed by atoms with Crippen LogP contribution in [-0.4, -0.2) is 40.3 Å². The van der Waals surface area contributed by atoms with Gasteiger partial charge in [-0.3, -0.25) is 14.5 Å². The van der Waals surface area contributed by atoms with E-state index in [4.69, 9.17) is 10.00 Å². The number of rotatable bonds is 5. The fourth-order valence-corrected chi connectivity index (χ4v) is 4.57. The molecule has 3 aromatic rings. The van der Waals surface area contributed by atoms with Gasteiger partial charge in [-0.25, -0.2) is 4.79 Å². The molecule has 1 fully saturated rings. The van der Waals surface area contributed by atoms with Crippen LogP contribution in [0.4, 0.5) is 4.79 Å². The summed E-state index contributed by atoms with van der Waals surface area (Å²) in [5, 5.41) is 12.5. The summed E-state index contributed by atoms with van der Waals surface area (Å²) >= 11 is 0. The zero-order valence-corrected chi connectivity index (χ0v) is 17.2. The number of nitriles is 1. The third kappa shape index (κ3) is 2.94. The largest absolute Gasteiger partial charge is 0.493 e. The van der Waals surface area contributed by atoms with Gasteiger partial charge in [0.2, 0.25) is 0 Å². The van der Waals surface area contributed by atoms with Crippen LogP contribution in [0.25, 0.3) is 10.9 Å².